The van der Waals surface area contributed by atoms with Crippen molar-refractivity contribution in [3.63, 3.8) is 0 Å². The molecule has 1 amide bonds. The molecule has 0 aliphatic carbocycles. The topological polar surface area (TPSA) is 64.3 Å². The van der Waals surface area contributed by atoms with Gasteiger partial charge >= 0.3 is 0 Å². The molecule has 5 heteroatoms. The van der Waals surface area contributed by atoms with Gasteiger partial charge in [0.25, 0.3) is 0 Å². The van der Waals surface area contributed by atoms with E-state index in [1.807, 2.05) is 25.1 Å². The van der Waals surface area contributed by atoms with E-state index in [9.17, 15) is 4.79 Å². The Bertz CT molecular complexity index is 370. The molecule has 0 atom stereocenters. The van der Waals surface area contributed by atoms with Crippen LogP contribution in [0.5, 0.6) is 5.75 Å². The van der Waals surface area contributed by atoms with E-state index < -0.39 is 0 Å². The zero-order valence-electron chi connectivity index (χ0n) is 10.2. The molecule has 1 aromatic rings. The van der Waals surface area contributed by atoms with Gasteiger partial charge in [0.15, 0.2) is 0 Å². The average molecular weight is 259 g/mol. The molecule has 0 aliphatic heterocycles. The molecular weight excluding hydrogens is 240 g/mol. The third-order valence-electron chi connectivity index (χ3n) is 2.25. The van der Waals surface area contributed by atoms with Crippen LogP contribution in [0.15, 0.2) is 18.2 Å². The number of nitrogens with two attached hydrogens (primary N) is 1. The van der Waals surface area contributed by atoms with Gasteiger partial charge in [-0.25, -0.2) is 0 Å². The van der Waals surface area contributed by atoms with Crippen molar-refractivity contribution in [2.24, 2.45) is 5.73 Å². The molecule has 0 heterocycles. The Morgan fingerprint density at radius 3 is 2.76 bits per heavy atom. The summed E-state index contributed by atoms with van der Waals surface area (Å²) in [6, 6.07) is 5.79. The first-order valence-electron chi connectivity index (χ1n) is 5.27. The van der Waals surface area contributed by atoms with Crippen LogP contribution in [0.4, 0.5) is 0 Å². The van der Waals surface area contributed by atoms with Crippen molar-refractivity contribution < 1.29 is 9.53 Å². The number of hydrogen-bond donors (Lipinski definition) is 2. The predicted molar refractivity (Wildman–Crippen MR) is 70.7 cm³/mol. The zero-order valence-corrected chi connectivity index (χ0v) is 11.0. The van der Waals surface area contributed by atoms with Gasteiger partial charge < -0.3 is 15.8 Å². The largest absolute Gasteiger partial charge is 0.496 e. The Kier molecular flexibility index (Phi) is 7.34. The molecule has 0 fully saturated rings. The van der Waals surface area contributed by atoms with Crippen LogP contribution in [-0.2, 0) is 11.2 Å². The molecule has 0 saturated carbocycles. The fraction of sp³-hybridized carbons (Fsp3) is 0.417. The van der Waals surface area contributed by atoms with Gasteiger partial charge in [0, 0.05) is 18.7 Å². The zero-order chi connectivity index (χ0) is 12.0. The van der Waals surface area contributed by atoms with E-state index in [4.69, 9.17) is 10.5 Å². The first-order chi connectivity index (χ1) is 7.67. The summed E-state index contributed by atoms with van der Waals surface area (Å²) >= 11 is 0. The highest BCUT2D eigenvalue weighted by Gasteiger charge is 2.08. The standard InChI is InChI=1S/C12H18N2O2.ClH/c1-9-3-4-11(16-2)10(7-9)8-12(15)14-6-5-13;/h3-4,7H,5-6,8,13H2,1-2H3,(H,14,15);1H. The first kappa shape index (κ1) is 15.7. The Labute approximate surface area is 108 Å². The number of methoxy groups -OCH3 is 1. The number of carbonyl (C=O) groups is 1. The van der Waals surface area contributed by atoms with E-state index in [2.05, 4.69) is 5.32 Å². The molecule has 17 heavy (non-hydrogen) atoms. The van der Waals surface area contributed by atoms with Gasteiger partial charge in [-0.05, 0) is 13.0 Å². The summed E-state index contributed by atoms with van der Waals surface area (Å²) in [4.78, 5) is 11.5. The minimum atomic E-state index is -0.0330. The molecule has 3 N–H and O–H groups in total. The molecular formula is C12H19ClN2O2. The summed E-state index contributed by atoms with van der Waals surface area (Å²) in [6.07, 6.45) is 0.324. The number of aryl methyl sites for hydroxylation is 1. The van der Waals surface area contributed by atoms with Crippen LogP contribution in [-0.4, -0.2) is 26.1 Å². The van der Waals surface area contributed by atoms with Crippen LogP contribution in [0, 0.1) is 6.92 Å². The van der Waals surface area contributed by atoms with E-state index >= 15 is 0 Å². The second-order valence-electron chi connectivity index (χ2n) is 3.63. The van der Waals surface area contributed by atoms with Crippen LogP contribution < -0.4 is 15.8 Å². The third-order valence-corrected chi connectivity index (χ3v) is 2.25. The summed E-state index contributed by atoms with van der Waals surface area (Å²) in [5.41, 5.74) is 7.32. The number of rotatable bonds is 5. The number of amides is 1. The summed E-state index contributed by atoms with van der Waals surface area (Å²) < 4.78 is 5.20. The lowest BCUT2D eigenvalue weighted by atomic mass is 10.1. The van der Waals surface area contributed by atoms with E-state index in [-0.39, 0.29) is 18.3 Å². The van der Waals surface area contributed by atoms with Crippen molar-refractivity contribution >= 4 is 18.3 Å². The lowest BCUT2D eigenvalue weighted by molar-refractivity contribution is -0.120. The van der Waals surface area contributed by atoms with Gasteiger partial charge in [0.2, 0.25) is 5.91 Å². The first-order valence-corrected chi connectivity index (χ1v) is 5.27. The van der Waals surface area contributed by atoms with Gasteiger partial charge in [0.1, 0.15) is 5.75 Å². The number of benzene rings is 1. The van der Waals surface area contributed by atoms with E-state index in [1.54, 1.807) is 7.11 Å². The molecule has 1 aromatic carbocycles. The number of hydrogen-bond acceptors (Lipinski definition) is 3. The fourth-order valence-corrected chi connectivity index (χ4v) is 1.49. The van der Waals surface area contributed by atoms with Gasteiger partial charge in [-0.2, -0.15) is 0 Å². The van der Waals surface area contributed by atoms with E-state index in [0.717, 1.165) is 16.9 Å². The molecule has 0 bridgehead atoms. The Morgan fingerprint density at radius 2 is 2.18 bits per heavy atom. The summed E-state index contributed by atoms with van der Waals surface area (Å²) in [7, 11) is 1.60. The normalized spacial score (nSPS) is 9.35. The molecule has 0 aromatic heterocycles. The molecule has 4 nitrogen and oxygen atoms in total. The molecule has 0 radical (unpaired) electrons. The monoisotopic (exact) mass is 258 g/mol. The maximum atomic E-state index is 11.5. The van der Waals surface area contributed by atoms with Crippen LogP contribution in [0.25, 0.3) is 0 Å². The SMILES string of the molecule is COc1ccc(C)cc1CC(=O)NCCN.Cl. The fourth-order valence-electron chi connectivity index (χ4n) is 1.49. The van der Waals surface area contributed by atoms with E-state index in [0.29, 0.717) is 19.5 Å². The lowest BCUT2D eigenvalue weighted by Gasteiger charge is -2.09. The van der Waals surface area contributed by atoms with Crippen molar-refractivity contribution in [3.05, 3.63) is 29.3 Å². The average Bonchev–Trinajstić information content (AvgIpc) is 2.27. The van der Waals surface area contributed by atoms with Crippen LogP contribution in [0.1, 0.15) is 11.1 Å². The summed E-state index contributed by atoms with van der Waals surface area (Å²) in [6.45, 7) is 2.95. The van der Waals surface area contributed by atoms with Crippen molar-refractivity contribution in [1.29, 1.82) is 0 Å². The predicted octanol–water partition coefficient (Wildman–Crippen LogP) is 1.04. The van der Waals surface area contributed by atoms with E-state index in [1.165, 1.54) is 0 Å². The lowest BCUT2D eigenvalue weighted by Crippen LogP contribution is -2.30. The maximum absolute atomic E-state index is 11.5. The summed E-state index contributed by atoms with van der Waals surface area (Å²) in [5, 5.41) is 2.73. The Balaban J connectivity index is 0.00000256. The molecule has 1 rings (SSSR count). The third kappa shape index (κ3) is 5.06. The van der Waals surface area contributed by atoms with Crippen LogP contribution in [0.3, 0.4) is 0 Å². The highest BCUT2D eigenvalue weighted by Crippen LogP contribution is 2.19. The van der Waals surface area contributed by atoms with Crippen molar-refractivity contribution in [3.8, 4) is 5.75 Å². The Hall–Kier alpha value is -1.26. The molecule has 0 spiro atoms. The second-order valence-corrected chi connectivity index (χ2v) is 3.63. The van der Waals surface area contributed by atoms with Gasteiger partial charge in [-0.1, -0.05) is 17.7 Å². The quantitative estimate of drug-likeness (QED) is 0.830. The minimum Gasteiger partial charge on any atom is -0.496 e. The molecule has 0 unspecified atom stereocenters. The smallest absolute Gasteiger partial charge is 0.224 e. The van der Waals surface area contributed by atoms with Crippen molar-refractivity contribution in [1.82, 2.24) is 5.32 Å². The Morgan fingerprint density at radius 1 is 1.47 bits per heavy atom. The van der Waals surface area contributed by atoms with Gasteiger partial charge in [0.05, 0.1) is 13.5 Å². The van der Waals surface area contributed by atoms with Crippen molar-refractivity contribution in [2.75, 3.05) is 20.2 Å². The highest BCUT2D eigenvalue weighted by molar-refractivity contribution is 5.85. The number of halogens is 1. The number of ether oxygens (including phenoxy) is 1. The highest BCUT2D eigenvalue weighted by atomic mass is 35.5. The van der Waals surface area contributed by atoms with Gasteiger partial charge in [-0.3, -0.25) is 4.79 Å². The number of nitrogens with one attached hydrogen (secondary N) is 1. The second kappa shape index (κ2) is 7.92. The number of carbonyl (C=O) groups excluding carboxylic acids is 1. The maximum Gasteiger partial charge on any atom is 0.224 e. The molecule has 0 saturated heterocycles. The molecule has 0 aliphatic rings. The van der Waals surface area contributed by atoms with Gasteiger partial charge in [-0.15, -0.1) is 12.4 Å². The van der Waals surface area contributed by atoms with Crippen LogP contribution in [0.2, 0.25) is 0 Å². The summed E-state index contributed by atoms with van der Waals surface area (Å²) in [5.74, 6) is 0.711. The van der Waals surface area contributed by atoms with Crippen molar-refractivity contribution in [2.45, 2.75) is 13.3 Å². The molecule has 96 valence electrons. The van der Waals surface area contributed by atoms with Crippen LogP contribution >= 0.6 is 12.4 Å². The minimum absolute atomic E-state index is 0.